The van der Waals surface area contributed by atoms with E-state index < -0.39 is 4.92 Å². The number of anilines is 1. The first-order chi connectivity index (χ1) is 19.5. The second-order valence-corrected chi connectivity index (χ2v) is 10.0. The van der Waals surface area contributed by atoms with Crippen molar-refractivity contribution in [1.29, 1.82) is 0 Å². The van der Waals surface area contributed by atoms with Crippen LogP contribution in [0, 0.1) is 10.1 Å². The second kappa shape index (κ2) is 13.3. The number of rotatable bonds is 9. The molecule has 1 amide bonds. The summed E-state index contributed by atoms with van der Waals surface area (Å²) in [5.74, 6) is -0.337. The van der Waals surface area contributed by atoms with E-state index >= 15 is 0 Å². The Morgan fingerprint density at radius 3 is 2.12 bits per heavy atom. The summed E-state index contributed by atoms with van der Waals surface area (Å²) < 4.78 is 5.41. The highest BCUT2D eigenvalue weighted by Gasteiger charge is 2.19. The molecule has 0 spiro atoms. The molecule has 1 N–H and O–H groups in total. The number of carbonyl (C=O) groups excluding carboxylic acids is 1. The number of nitro benzene ring substituents is 1. The van der Waals surface area contributed by atoms with Gasteiger partial charge in [0.25, 0.3) is 11.6 Å². The van der Waals surface area contributed by atoms with Crippen LogP contribution in [0.5, 0.6) is 0 Å². The lowest BCUT2D eigenvalue weighted by molar-refractivity contribution is -0.384. The van der Waals surface area contributed by atoms with Crippen LogP contribution in [0.2, 0.25) is 0 Å². The third-order valence-corrected chi connectivity index (χ3v) is 7.28. The monoisotopic (exact) mass is 542 g/mol. The first-order valence-corrected chi connectivity index (χ1v) is 13.6. The van der Waals surface area contributed by atoms with Gasteiger partial charge >= 0.3 is 0 Å². The van der Waals surface area contributed by atoms with E-state index in [9.17, 15) is 14.9 Å². The Kier molecular flexibility index (Phi) is 9.12. The molecule has 0 unspecified atom stereocenters. The number of carbonyl (C=O) groups is 1. The van der Waals surface area contributed by atoms with Crippen LogP contribution in [0.3, 0.4) is 0 Å². The van der Waals surface area contributed by atoms with Gasteiger partial charge in [-0.3, -0.25) is 24.7 Å². The van der Waals surface area contributed by atoms with Crippen LogP contribution in [0.4, 0.5) is 11.4 Å². The highest BCUT2D eigenvalue weighted by atomic mass is 16.6. The van der Waals surface area contributed by atoms with Gasteiger partial charge < -0.3 is 9.64 Å². The van der Waals surface area contributed by atoms with E-state index in [1.807, 2.05) is 18.2 Å². The smallest absolute Gasteiger partial charge is 0.271 e. The fraction of sp³-hybridized carbons (Fsp3) is 0.333. The van der Waals surface area contributed by atoms with E-state index in [1.165, 1.54) is 23.9 Å². The summed E-state index contributed by atoms with van der Waals surface area (Å²) in [4.78, 5) is 30.6. The summed E-state index contributed by atoms with van der Waals surface area (Å²) in [5.41, 5.74) is 6.91. The second-order valence-electron chi connectivity index (χ2n) is 10.0. The van der Waals surface area contributed by atoms with E-state index in [4.69, 9.17) is 4.74 Å². The van der Waals surface area contributed by atoms with Crippen molar-refractivity contribution in [3.05, 3.63) is 105 Å². The number of ether oxygens (including phenoxy) is 1. The van der Waals surface area contributed by atoms with Gasteiger partial charge in [0.2, 0.25) is 0 Å². The number of benzene rings is 3. The highest BCUT2D eigenvalue weighted by Crippen LogP contribution is 2.25. The Hall–Kier alpha value is -4.12. The topological polar surface area (TPSA) is 104 Å². The molecule has 2 fully saturated rings. The SMILES string of the molecule is O=C(N/N=C\c1cc([N+](=O)[O-])ccc1N1CCOCC1)c1ccc(CN2CCN(Cc3ccccc3)CC2)cc1. The van der Waals surface area contributed by atoms with Gasteiger partial charge in [-0.1, -0.05) is 42.5 Å². The molecular formula is C30H34N6O4. The third kappa shape index (κ3) is 7.29. The van der Waals surface area contributed by atoms with Gasteiger partial charge in [0.15, 0.2) is 0 Å². The van der Waals surface area contributed by atoms with Crippen molar-refractivity contribution >= 4 is 23.5 Å². The zero-order valence-corrected chi connectivity index (χ0v) is 22.4. The molecule has 2 saturated heterocycles. The third-order valence-electron chi connectivity index (χ3n) is 7.28. The minimum atomic E-state index is -0.439. The minimum Gasteiger partial charge on any atom is -0.378 e. The number of hydrazone groups is 1. The largest absolute Gasteiger partial charge is 0.378 e. The summed E-state index contributed by atoms with van der Waals surface area (Å²) in [7, 11) is 0. The molecule has 208 valence electrons. The fourth-order valence-electron chi connectivity index (χ4n) is 5.04. The molecule has 0 bridgehead atoms. The molecule has 0 aromatic heterocycles. The first-order valence-electron chi connectivity index (χ1n) is 13.6. The van der Waals surface area contributed by atoms with Crippen LogP contribution in [-0.4, -0.2) is 79.3 Å². The fourth-order valence-corrected chi connectivity index (χ4v) is 5.04. The number of nitrogens with zero attached hydrogens (tertiary/aromatic N) is 5. The molecule has 2 heterocycles. The molecule has 0 radical (unpaired) electrons. The predicted octanol–water partition coefficient (Wildman–Crippen LogP) is 3.51. The van der Waals surface area contributed by atoms with E-state index in [1.54, 1.807) is 18.2 Å². The average Bonchev–Trinajstić information content (AvgIpc) is 2.99. The van der Waals surface area contributed by atoms with Crippen molar-refractivity contribution in [2.75, 3.05) is 57.4 Å². The summed E-state index contributed by atoms with van der Waals surface area (Å²) in [6, 6.07) is 22.8. The number of morpholine rings is 1. The number of amides is 1. The van der Waals surface area contributed by atoms with Crippen molar-refractivity contribution in [3.63, 3.8) is 0 Å². The van der Waals surface area contributed by atoms with Crippen LogP contribution in [0.25, 0.3) is 0 Å². The molecule has 40 heavy (non-hydrogen) atoms. The van der Waals surface area contributed by atoms with Gasteiger partial charge in [-0.15, -0.1) is 0 Å². The number of hydrogen-bond donors (Lipinski definition) is 1. The van der Waals surface area contributed by atoms with Gasteiger partial charge in [0.05, 0.1) is 24.4 Å². The molecule has 2 aliphatic heterocycles. The summed E-state index contributed by atoms with van der Waals surface area (Å²) in [5, 5.41) is 15.4. The van der Waals surface area contributed by atoms with Crippen LogP contribution in [0.15, 0.2) is 77.9 Å². The van der Waals surface area contributed by atoms with Crippen molar-refractivity contribution in [2.24, 2.45) is 5.10 Å². The predicted molar refractivity (Wildman–Crippen MR) is 155 cm³/mol. The van der Waals surface area contributed by atoms with Gasteiger partial charge in [-0.05, 0) is 29.3 Å². The maximum absolute atomic E-state index is 12.7. The minimum absolute atomic E-state index is 0.0296. The van der Waals surface area contributed by atoms with Crippen molar-refractivity contribution in [1.82, 2.24) is 15.2 Å². The zero-order valence-electron chi connectivity index (χ0n) is 22.4. The van der Waals surface area contributed by atoms with Gasteiger partial charge in [-0.25, -0.2) is 5.43 Å². The summed E-state index contributed by atoms with van der Waals surface area (Å²) in [6.07, 6.45) is 1.46. The van der Waals surface area contributed by atoms with Gasteiger partial charge in [-0.2, -0.15) is 5.10 Å². The molecule has 2 aliphatic rings. The van der Waals surface area contributed by atoms with Crippen molar-refractivity contribution in [2.45, 2.75) is 13.1 Å². The Labute approximate surface area is 234 Å². The highest BCUT2D eigenvalue weighted by molar-refractivity contribution is 5.95. The lowest BCUT2D eigenvalue weighted by atomic mass is 10.1. The molecule has 10 nitrogen and oxygen atoms in total. The number of hydrogen-bond acceptors (Lipinski definition) is 8. The van der Waals surface area contributed by atoms with Crippen molar-refractivity contribution in [3.8, 4) is 0 Å². The van der Waals surface area contributed by atoms with Crippen LogP contribution in [-0.2, 0) is 17.8 Å². The van der Waals surface area contributed by atoms with Crippen LogP contribution < -0.4 is 10.3 Å². The Balaban J connectivity index is 1.14. The van der Waals surface area contributed by atoms with E-state index in [-0.39, 0.29) is 11.6 Å². The maximum atomic E-state index is 12.7. The molecule has 3 aromatic carbocycles. The molecule has 3 aromatic rings. The van der Waals surface area contributed by atoms with E-state index in [2.05, 4.69) is 49.5 Å². The zero-order chi connectivity index (χ0) is 27.7. The molecular weight excluding hydrogens is 508 g/mol. The van der Waals surface area contributed by atoms with Crippen LogP contribution in [0.1, 0.15) is 27.0 Å². The number of non-ortho nitro benzene ring substituents is 1. The molecule has 0 atom stereocenters. The Morgan fingerprint density at radius 1 is 0.875 bits per heavy atom. The first kappa shape index (κ1) is 27.4. The summed E-state index contributed by atoms with van der Waals surface area (Å²) in [6.45, 7) is 8.45. The lowest BCUT2D eigenvalue weighted by Gasteiger charge is -2.34. The standard InChI is InChI=1S/C30H34N6O4/c37-30(32-31-21-27-20-28(36(38)39)10-11-29(27)35-16-18-40-19-17-35)26-8-6-25(7-9-26)23-34-14-12-33(13-15-34)22-24-4-2-1-3-5-24/h1-11,20-21H,12-19,22-23H2,(H,32,37)/b31-21-. The molecule has 0 aliphatic carbocycles. The molecule has 0 saturated carbocycles. The van der Waals surface area contributed by atoms with E-state index in [0.717, 1.165) is 50.5 Å². The molecule has 10 heteroatoms. The lowest BCUT2D eigenvalue weighted by Crippen LogP contribution is -2.45. The van der Waals surface area contributed by atoms with Gasteiger partial charge in [0, 0.05) is 81.3 Å². The van der Waals surface area contributed by atoms with E-state index in [0.29, 0.717) is 37.4 Å². The summed E-state index contributed by atoms with van der Waals surface area (Å²) >= 11 is 0. The number of nitro groups is 1. The quantitative estimate of drug-likeness (QED) is 0.251. The van der Waals surface area contributed by atoms with Crippen molar-refractivity contribution < 1.29 is 14.5 Å². The Bertz CT molecular complexity index is 1320. The maximum Gasteiger partial charge on any atom is 0.271 e. The van der Waals surface area contributed by atoms with Gasteiger partial charge in [0.1, 0.15) is 0 Å². The normalized spacial score (nSPS) is 16.8. The van der Waals surface area contributed by atoms with Crippen LogP contribution >= 0.6 is 0 Å². The molecule has 5 rings (SSSR count). The number of nitrogens with one attached hydrogen (secondary N) is 1. The number of piperazine rings is 1. The average molecular weight is 543 g/mol. The Morgan fingerprint density at radius 2 is 1.50 bits per heavy atom.